The third kappa shape index (κ3) is 3.63. The highest BCUT2D eigenvalue weighted by molar-refractivity contribution is 8.00. The molecule has 1 aromatic rings. The highest BCUT2D eigenvalue weighted by Gasteiger charge is 2.31. The maximum absolute atomic E-state index is 13.3. The van der Waals surface area contributed by atoms with Crippen LogP contribution >= 0.6 is 23.4 Å². The summed E-state index contributed by atoms with van der Waals surface area (Å²) in [5.74, 6) is 0.717. The predicted molar refractivity (Wildman–Crippen MR) is 81.3 cm³/mol. The molecule has 5 heteroatoms. The van der Waals surface area contributed by atoms with Gasteiger partial charge < -0.3 is 5.73 Å². The van der Waals surface area contributed by atoms with Crippen LogP contribution in [-0.4, -0.2) is 35.0 Å². The number of nitrogens with zero attached hydrogens (tertiary/aromatic N) is 1. The van der Waals surface area contributed by atoms with Gasteiger partial charge in [-0.2, -0.15) is 11.8 Å². The molecule has 0 aliphatic carbocycles. The van der Waals surface area contributed by atoms with E-state index in [2.05, 4.69) is 18.7 Å². The summed E-state index contributed by atoms with van der Waals surface area (Å²) in [5.41, 5.74) is 6.92. The fourth-order valence-corrected chi connectivity index (χ4v) is 3.86. The van der Waals surface area contributed by atoms with Crippen LogP contribution in [-0.2, 0) is 0 Å². The highest BCUT2D eigenvalue weighted by Crippen LogP contribution is 2.34. The van der Waals surface area contributed by atoms with Gasteiger partial charge in [-0.3, -0.25) is 4.90 Å². The smallest absolute Gasteiger partial charge is 0.141 e. The van der Waals surface area contributed by atoms with Crippen LogP contribution in [0.25, 0.3) is 0 Å². The SMILES string of the molecule is CC1(C)CN(C(CN)c2ccc(F)c(Cl)c2)CCS1. The summed E-state index contributed by atoms with van der Waals surface area (Å²) >= 11 is 7.86. The third-order valence-electron chi connectivity index (χ3n) is 3.45. The quantitative estimate of drug-likeness (QED) is 0.929. The standard InChI is InChI=1S/C14H20ClFN2S/c1-14(2)9-18(5-6-19-14)13(8-17)10-3-4-12(16)11(15)7-10/h3-4,7,13H,5-6,8-9,17H2,1-2H3. The van der Waals surface area contributed by atoms with Crippen LogP contribution in [0.2, 0.25) is 5.02 Å². The van der Waals surface area contributed by atoms with Crippen LogP contribution in [0, 0.1) is 5.82 Å². The van der Waals surface area contributed by atoms with E-state index in [1.165, 1.54) is 6.07 Å². The van der Waals surface area contributed by atoms with Crippen LogP contribution < -0.4 is 5.73 Å². The van der Waals surface area contributed by atoms with Crippen molar-refractivity contribution < 1.29 is 4.39 Å². The van der Waals surface area contributed by atoms with Gasteiger partial charge >= 0.3 is 0 Å². The van der Waals surface area contributed by atoms with Gasteiger partial charge in [0.2, 0.25) is 0 Å². The van der Waals surface area contributed by atoms with Gasteiger partial charge in [0.15, 0.2) is 0 Å². The largest absolute Gasteiger partial charge is 0.329 e. The zero-order valence-electron chi connectivity index (χ0n) is 11.3. The first-order chi connectivity index (χ1) is 8.93. The molecule has 0 spiro atoms. The van der Waals surface area contributed by atoms with E-state index in [-0.39, 0.29) is 21.6 Å². The van der Waals surface area contributed by atoms with E-state index in [9.17, 15) is 4.39 Å². The molecule has 0 amide bonds. The van der Waals surface area contributed by atoms with Gasteiger partial charge in [0.05, 0.1) is 5.02 Å². The second kappa shape index (κ2) is 6.00. The molecule has 1 saturated heterocycles. The Labute approximate surface area is 123 Å². The summed E-state index contributed by atoms with van der Waals surface area (Å²) in [6, 6.07) is 5.01. The molecule has 1 aromatic carbocycles. The van der Waals surface area contributed by atoms with E-state index in [0.717, 1.165) is 24.4 Å². The number of thioether (sulfide) groups is 1. The third-order valence-corrected chi connectivity index (χ3v) is 5.03. The lowest BCUT2D eigenvalue weighted by atomic mass is 10.0. The van der Waals surface area contributed by atoms with Crippen molar-refractivity contribution in [2.24, 2.45) is 5.73 Å². The van der Waals surface area contributed by atoms with Crippen LogP contribution in [0.4, 0.5) is 4.39 Å². The molecule has 1 fully saturated rings. The Bertz CT molecular complexity index is 453. The molecule has 19 heavy (non-hydrogen) atoms. The Morgan fingerprint density at radius 2 is 2.26 bits per heavy atom. The van der Waals surface area contributed by atoms with E-state index in [4.69, 9.17) is 17.3 Å². The van der Waals surface area contributed by atoms with Gasteiger partial charge in [0.25, 0.3) is 0 Å². The Balaban J connectivity index is 2.21. The minimum atomic E-state index is -0.379. The molecular weight excluding hydrogens is 283 g/mol. The lowest BCUT2D eigenvalue weighted by Gasteiger charge is -2.41. The van der Waals surface area contributed by atoms with Crippen molar-refractivity contribution in [3.63, 3.8) is 0 Å². The van der Waals surface area contributed by atoms with Crippen LogP contribution in [0.1, 0.15) is 25.5 Å². The van der Waals surface area contributed by atoms with E-state index in [0.29, 0.717) is 6.54 Å². The van der Waals surface area contributed by atoms with Gasteiger partial charge in [0, 0.05) is 36.2 Å². The van der Waals surface area contributed by atoms with Gasteiger partial charge in [-0.25, -0.2) is 4.39 Å². The molecule has 2 nitrogen and oxygen atoms in total. The van der Waals surface area contributed by atoms with Crippen molar-refractivity contribution in [3.05, 3.63) is 34.6 Å². The molecule has 1 aliphatic heterocycles. The first kappa shape index (κ1) is 15.1. The topological polar surface area (TPSA) is 29.3 Å². The maximum Gasteiger partial charge on any atom is 0.141 e. The molecule has 2 rings (SSSR count). The van der Waals surface area contributed by atoms with Crippen LogP contribution in [0.5, 0.6) is 0 Å². The molecular formula is C14H20ClFN2S. The summed E-state index contributed by atoms with van der Waals surface area (Å²) in [4.78, 5) is 2.38. The number of benzene rings is 1. The average Bonchev–Trinajstić information content (AvgIpc) is 2.33. The van der Waals surface area contributed by atoms with Crippen molar-refractivity contribution in [1.29, 1.82) is 0 Å². The molecule has 1 heterocycles. The van der Waals surface area contributed by atoms with Crippen molar-refractivity contribution in [2.75, 3.05) is 25.4 Å². The molecule has 106 valence electrons. The summed E-state index contributed by atoms with van der Waals surface area (Å²) in [6.07, 6.45) is 0. The molecule has 1 atom stereocenters. The summed E-state index contributed by atoms with van der Waals surface area (Å²) in [5, 5.41) is 0.168. The van der Waals surface area contributed by atoms with Gasteiger partial charge in [-0.15, -0.1) is 0 Å². The van der Waals surface area contributed by atoms with Crippen molar-refractivity contribution in [2.45, 2.75) is 24.6 Å². The summed E-state index contributed by atoms with van der Waals surface area (Å²) in [7, 11) is 0. The van der Waals surface area contributed by atoms with E-state index < -0.39 is 0 Å². The number of hydrogen-bond donors (Lipinski definition) is 1. The number of hydrogen-bond acceptors (Lipinski definition) is 3. The van der Waals surface area contributed by atoms with Crippen LogP contribution in [0.15, 0.2) is 18.2 Å². The molecule has 0 bridgehead atoms. The highest BCUT2D eigenvalue weighted by atomic mass is 35.5. The van der Waals surface area contributed by atoms with Gasteiger partial charge in [-0.05, 0) is 31.5 Å². The van der Waals surface area contributed by atoms with Crippen molar-refractivity contribution in [3.8, 4) is 0 Å². The fourth-order valence-electron chi connectivity index (χ4n) is 2.53. The Kier molecular flexibility index (Phi) is 4.77. The number of halogens is 2. The summed E-state index contributed by atoms with van der Waals surface area (Å²) in [6.45, 7) is 6.99. The predicted octanol–water partition coefficient (Wildman–Crippen LogP) is 3.31. The second-order valence-electron chi connectivity index (χ2n) is 5.50. The number of nitrogens with two attached hydrogens (primary N) is 1. The first-order valence-corrected chi connectivity index (χ1v) is 7.82. The molecule has 0 saturated carbocycles. The van der Waals surface area contributed by atoms with Crippen LogP contribution in [0.3, 0.4) is 0 Å². The molecule has 0 radical (unpaired) electrons. The fraction of sp³-hybridized carbons (Fsp3) is 0.571. The zero-order chi connectivity index (χ0) is 14.0. The summed E-state index contributed by atoms with van der Waals surface area (Å²) < 4.78 is 13.5. The van der Waals surface area contributed by atoms with E-state index in [1.54, 1.807) is 12.1 Å². The van der Waals surface area contributed by atoms with E-state index >= 15 is 0 Å². The average molecular weight is 303 g/mol. The number of rotatable bonds is 3. The molecule has 1 unspecified atom stereocenters. The minimum Gasteiger partial charge on any atom is -0.329 e. The lowest BCUT2D eigenvalue weighted by Crippen LogP contribution is -2.46. The molecule has 1 aliphatic rings. The van der Waals surface area contributed by atoms with E-state index in [1.807, 2.05) is 11.8 Å². The van der Waals surface area contributed by atoms with Gasteiger partial charge in [0.1, 0.15) is 5.82 Å². The Hall–Kier alpha value is -0.290. The zero-order valence-corrected chi connectivity index (χ0v) is 12.9. The van der Waals surface area contributed by atoms with Crippen molar-refractivity contribution >= 4 is 23.4 Å². The van der Waals surface area contributed by atoms with Gasteiger partial charge in [-0.1, -0.05) is 17.7 Å². The monoisotopic (exact) mass is 302 g/mol. The first-order valence-electron chi connectivity index (χ1n) is 6.46. The lowest BCUT2D eigenvalue weighted by molar-refractivity contribution is 0.192. The second-order valence-corrected chi connectivity index (χ2v) is 7.71. The van der Waals surface area contributed by atoms with Crippen molar-refractivity contribution in [1.82, 2.24) is 4.90 Å². The normalized spacial score (nSPS) is 21.3. The maximum atomic E-state index is 13.3. The molecule has 0 aromatic heterocycles. The Morgan fingerprint density at radius 1 is 1.53 bits per heavy atom. The minimum absolute atomic E-state index is 0.110. The Morgan fingerprint density at radius 3 is 2.84 bits per heavy atom. The molecule has 2 N–H and O–H groups in total.